The van der Waals surface area contributed by atoms with Crippen LogP contribution in [0.1, 0.15) is 32.6 Å². The third-order valence-corrected chi connectivity index (χ3v) is 5.28. The average molecular weight is 449 g/mol. The normalized spacial score (nSPS) is 12.6. The molecule has 1 aromatic heterocycles. The minimum Gasteiger partial charge on any atom is -0.366 e. The third-order valence-electron chi connectivity index (χ3n) is 5.28. The zero-order valence-corrected chi connectivity index (χ0v) is 16.5. The Bertz CT molecular complexity index is 1370. The zero-order valence-electron chi connectivity index (χ0n) is 16.5. The number of hydrogen-bond donors (Lipinski definition) is 1. The van der Waals surface area contributed by atoms with E-state index in [2.05, 4.69) is 6.07 Å². The van der Waals surface area contributed by atoms with Gasteiger partial charge in [0, 0.05) is 22.9 Å². The molecule has 32 heavy (non-hydrogen) atoms. The molecule has 0 saturated carbocycles. The molecule has 2 N–H and O–H groups in total. The molecule has 0 aliphatic heterocycles. The van der Waals surface area contributed by atoms with Crippen LogP contribution in [0.15, 0.2) is 48.5 Å². The van der Waals surface area contributed by atoms with Gasteiger partial charge in [0.2, 0.25) is 5.91 Å². The topological polar surface area (TPSA) is 48.0 Å². The molecule has 0 aliphatic rings. The van der Waals surface area contributed by atoms with Crippen molar-refractivity contribution in [2.75, 3.05) is 0 Å². The lowest BCUT2D eigenvalue weighted by molar-refractivity contribution is -0.143. The molecule has 1 amide bonds. The largest absolute Gasteiger partial charge is 0.416 e. The van der Waals surface area contributed by atoms with Crippen LogP contribution in [0.4, 0.5) is 26.3 Å². The number of nitrogens with two attached hydrogens (primary N) is 1. The number of carbonyl (C=O) groups is 1. The van der Waals surface area contributed by atoms with Gasteiger partial charge in [-0.3, -0.25) is 4.79 Å². The van der Waals surface area contributed by atoms with Gasteiger partial charge < -0.3 is 10.3 Å². The lowest BCUT2D eigenvalue weighted by Crippen LogP contribution is -2.15. The number of rotatable bonds is 3. The van der Waals surface area contributed by atoms with E-state index >= 15 is 0 Å². The lowest BCUT2D eigenvalue weighted by atomic mass is 10.0. The van der Waals surface area contributed by atoms with Crippen LogP contribution in [-0.2, 0) is 18.9 Å². The summed E-state index contributed by atoms with van der Waals surface area (Å²) in [5, 5.41) is 0.913. The standard InChI is InChI=1S/C23H15F6N2O/c1-12-5-8-15-19(9-12)31(18-4-2-3-16(20(15)18)21(30)32)11-13-6-7-14(22(24,25)26)10-17(13)23(27,28)29/h2-7,9-10H,11H2,1H3,(H2,30,32). The molecule has 4 rings (SSSR count). The van der Waals surface area contributed by atoms with Gasteiger partial charge in [0.05, 0.1) is 22.2 Å². The predicted molar refractivity (Wildman–Crippen MR) is 107 cm³/mol. The van der Waals surface area contributed by atoms with E-state index in [0.29, 0.717) is 27.9 Å². The van der Waals surface area contributed by atoms with Crippen LogP contribution < -0.4 is 5.73 Å². The fraction of sp³-hybridized carbons (Fsp3) is 0.174. The number of fused-ring (bicyclic) bond motifs is 3. The first-order valence-electron chi connectivity index (χ1n) is 9.38. The molecule has 165 valence electrons. The van der Waals surface area contributed by atoms with E-state index in [4.69, 9.17) is 5.73 Å². The first-order valence-corrected chi connectivity index (χ1v) is 9.38. The Kier molecular flexibility index (Phi) is 4.95. The first kappa shape index (κ1) is 21.7. The van der Waals surface area contributed by atoms with E-state index in [-0.39, 0.29) is 23.7 Å². The molecule has 1 radical (unpaired) electrons. The number of benzene rings is 3. The van der Waals surface area contributed by atoms with Crippen molar-refractivity contribution in [2.45, 2.75) is 25.8 Å². The van der Waals surface area contributed by atoms with Gasteiger partial charge >= 0.3 is 12.4 Å². The van der Waals surface area contributed by atoms with Crippen molar-refractivity contribution in [1.29, 1.82) is 0 Å². The van der Waals surface area contributed by atoms with Crippen molar-refractivity contribution >= 4 is 27.7 Å². The maximum absolute atomic E-state index is 13.7. The van der Waals surface area contributed by atoms with Gasteiger partial charge in [-0.15, -0.1) is 0 Å². The number of carbonyl (C=O) groups excluding carboxylic acids is 1. The van der Waals surface area contributed by atoms with Gasteiger partial charge in [0.15, 0.2) is 0 Å². The summed E-state index contributed by atoms with van der Waals surface area (Å²) in [5.74, 6) is -0.714. The predicted octanol–water partition coefficient (Wildman–Crippen LogP) is 6.09. The average Bonchev–Trinajstić information content (AvgIpc) is 2.99. The van der Waals surface area contributed by atoms with Crippen molar-refractivity contribution in [1.82, 2.24) is 4.57 Å². The van der Waals surface area contributed by atoms with Gasteiger partial charge in [-0.05, 0) is 54.4 Å². The summed E-state index contributed by atoms with van der Waals surface area (Å²) in [5.41, 5.74) is 4.25. The van der Waals surface area contributed by atoms with E-state index in [1.165, 1.54) is 10.6 Å². The van der Waals surface area contributed by atoms with Gasteiger partial charge in [-0.25, -0.2) is 0 Å². The number of hydrogen-bond acceptors (Lipinski definition) is 1. The lowest BCUT2D eigenvalue weighted by Gasteiger charge is -2.17. The summed E-state index contributed by atoms with van der Waals surface area (Å²) in [6.45, 7) is 1.40. The minimum atomic E-state index is -4.99. The van der Waals surface area contributed by atoms with Crippen LogP contribution in [0, 0.1) is 13.0 Å². The van der Waals surface area contributed by atoms with Crippen molar-refractivity contribution in [3.63, 3.8) is 0 Å². The van der Waals surface area contributed by atoms with Crippen molar-refractivity contribution in [3.05, 3.63) is 82.4 Å². The number of aromatic nitrogens is 1. The molecule has 0 unspecified atom stereocenters. The molecular formula is C23H15F6N2O. The highest BCUT2D eigenvalue weighted by Gasteiger charge is 2.38. The van der Waals surface area contributed by atoms with Crippen LogP contribution in [0.5, 0.6) is 0 Å². The van der Waals surface area contributed by atoms with E-state index in [1.807, 2.05) is 0 Å². The molecule has 9 heteroatoms. The Morgan fingerprint density at radius 2 is 1.72 bits per heavy atom. The zero-order chi connectivity index (χ0) is 23.4. The minimum absolute atomic E-state index is 0.120. The molecule has 0 atom stereocenters. The Labute approximate surface area is 178 Å². The molecule has 0 spiro atoms. The van der Waals surface area contributed by atoms with E-state index in [9.17, 15) is 31.1 Å². The maximum Gasteiger partial charge on any atom is 0.416 e. The first-order chi connectivity index (χ1) is 14.9. The Morgan fingerprint density at radius 3 is 2.34 bits per heavy atom. The summed E-state index contributed by atoms with van der Waals surface area (Å²) < 4.78 is 81.6. The second kappa shape index (κ2) is 7.29. The Morgan fingerprint density at radius 1 is 1.00 bits per heavy atom. The monoisotopic (exact) mass is 449 g/mol. The molecule has 0 saturated heterocycles. The number of primary amides is 1. The fourth-order valence-electron chi connectivity index (χ4n) is 3.86. The number of aryl methyl sites for hydroxylation is 1. The second-order valence-electron chi connectivity index (χ2n) is 7.45. The van der Waals surface area contributed by atoms with E-state index in [0.717, 1.165) is 11.6 Å². The molecule has 3 aromatic carbocycles. The molecule has 3 nitrogen and oxygen atoms in total. The molecular weight excluding hydrogens is 434 g/mol. The van der Waals surface area contributed by atoms with Crippen LogP contribution >= 0.6 is 0 Å². The number of amides is 1. The van der Waals surface area contributed by atoms with Crippen molar-refractivity contribution in [3.8, 4) is 0 Å². The summed E-state index contributed by atoms with van der Waals surface area (Å²) in [6, 6.07) is 12.7. The van der Waals surface area contributed by atoms with Gasteiger partial charge in [-0.1, -0.05) is 18.2 Å². The molecule has 0 fully saturated rings. The smallest absolute Gasteiger partial charge is 0.366 e. The Hall–Kier alpha value is -3.49. The summed E-state index contributed by atoms with van der Waals surface area (Å²) >= 11 is 0. The molecule has 4 aromatic rings. The second-order valence-corrected chi connectivity index (χ2v) is 7.45. The van der Waals surface area contributed by atoms with Gasteiger partial charge in [-0.2, -0.15) is 26.3 Å². The van der Waals surface area contributed by atoms with Crippen LogP contribution in [0.2, 0.25) is 0 Å². The fourth-order valence-corrected chi connectivity index (χ4v) is 3.86. The van der Waals surface area contributed by atoms with Crippen molar-refractivity contribution in [2.24, 2.45) is 5.73 Å². The number of alkyl halides is 6. The quantitative estimate of drug-likeness (QED) is 0.378. The highest BCUT2D eigenvalue weighted by molar-refractivity contribution is 6.17. The molecule has 1 heterocycles. The SMILES string of the molecule is Cc1c[c]c2c3c(C(N)=O)cccc3n(Cc3ccc(C(F)(F)F)cc3C(F)(F)F)c2c1. The number of nitrogens with zero attached hydrogens (tertiary/aromatic N) is 1. The van der Waals surface area contributed by atoms with Gasteiger partial charge in [0.25, 0.3) is 0 Å². The van der Waals surface area contributed by atoms with E-state index in [1.54, 1.807) is 31.2 Å². The van der Waals surface area contributed by atoms with Crippen molar-refractivity contribution < 1.29 is 31.1 Å². The van der Waals surface area contributed by atoms with Gasteiger partial charge in [0.1, 0.15) is 0 Å². The van der Waals surface area contributed by atoms with Crippen LogP contribution in [-0.4, -0.2) is 10.5 Å². The van der Waals surface area contributed by atoms with Crippen LogP contribution in [0.25, 0.3) is 21.8 Å². The number of halogens is 6. The summed E-state index contributed by atoms with van der Waals surface area (Å²) in [4.78, 5) is 12.0. The van der Waals surface area contributed by atoms with Crippen LogP contribution in [0.3, 0.4) is 0 Å². The molecule has 0 bridgehead atoms. The summed E-state index contributed by atoms with van der Waals surface area (Å²) in [7, 11) is 0. The summed E-state index contributed by atoms with van der Waals surface area (Å²) in [6.07, 6.45) is -9.90. The Balaban J connectivity index is 2.00. The highest BCUT2D eigenvalue weighted by Crippen LogP contribution is 2.39. The van der Waals surface area contributed by atoms with E-state index < -0.39 is 29.4 Å². The third kappa shape index (κ3) is 3.68. The molecule has 0 aliphatic carbocycles. The highest BCUT2D eigenvalue weighted by atomic mass is 19.4. The maximum atomic E-state index is 13.7.